The second-order valence-corrected chi connectivity index (χ2v) is 7.29. The van der Waals surface area contributed by atoms with Gasteiger partial charge >= 0.3 is 0 Å². The number of nitrogens with zero attached hydrogens (tertiary/aromatic N) is 3. The van der Waals surface area contributed by atoms with Gasteiger partial charge in [0.05, 0.1) is 29.4 Å². The highest BCUT2D eigenvalue weighted by atomic mass is 16.3. The molecule has 5 rings (SSSR count). The van der Waals surface area contributed by atoms with Gasteiger partial charge in [0, 0.05) is 12.0 Å². The molecule has 0 radical (unpaired) electrons. The van der Waals surface area contributed by atoms with E-state index in [1.165, 1.54) is 5.56 Å². The van der Waals surface area contributed by atoms with Crippen LogP contribution in [0.5, 0.6) is 0 Å². The molecule has 2 aromatic carbocycles. The smallest absolute Gasteiger partial charge is 0.157 e. The number of nitrogens with one attached hydrogen (secondary N) is 1. The van der Waals surface area contributed by atoms with Crippen LogP contribution < -0.4 is 5.32 Å². The summed E-state index contributed by atoms with van der Waals surface area (Å²) in [5.74, 6) is 1.79. The molecule has 5 nitrogen and oxygen atoms in total. The van der Waals surface area contributed by atoms with E-state index in [4.69, 9.17) is 9.40 Å². The SMILES string of the molecule is Cc1c(Cc2ccccc2)c(NCc2ccco2)n2c(nc3ccccc32)c1C#N. The summed E-state index contributed by atoms with van der Waals surface area (Å²) in [6, 6.07) is 24.5. The summed E-state index contributed by atoms with van der Waals surface area (Å²) in [4.78, 5) is 4.78. The average molecular weight is 392 g/mol. The van der Waals surface area contributed by atoms with Crippen LogP contribution in [0.15, 0.2) is 77.4 Å². The van der Waals surface area contributed by atoms with Gasteiger partial charge < -0.3 is 9.73 Å². The fraction of sp³-hybridized carbons (Fsp3) is 0.120. The zero-order chi connectivity index (χ0) is 20.5. The van der Waals surface area contributed by atoms with Gasteiger partial charge in [-0.1, -0.05) is 42.5 Å². The lowest BCUT2D eigenvalue weighted by Gasteiger charge is -2.18. The van der Waals surface area contributed by atoms with Crippen molar-refractivity contribution in [2.24, 2.45) is 0 Å². The highest BCUT2D eigenvalue weighted by molar-refractivity contribution is 5.86. The Morgan fingerprint density at radius 2 is 1.83 bits per heavy atom. The van der Waals surface area contributed by atoms with Crippen molar-refractivity contribution in [3.05, 3.63) is 101 Å². The Morgan fingerprint density at radius 1 is 1.03 bits per heavy atom. The fourth-order valence-corrected chi connectivity index (χ4v) is 3.97. The summed E-state index contributed by atoms with van der Waals surface area (Å²) in [5.41, 5.74) is 6.35. The standard InChI is InChI=1S/C25H20N4O/c1-17-20(14-18-8-3-2-4-9-18)24(27-16-19-10-7-13-30-19)29-23-12-6-5-11-22(23)28-25(29)21(17)15-26/h2-13,27H,14,16H2,1H3. The molecule has 0 fully saturated rings. The predicted octanol–water partition coefficient (Wildman–Crippen LogP) is 5.46. The molecule has 3 aromatic heterocycles. The van der Waals surface area contributed by atoms with Crippen LogP contribution in [0.3, 0.4) is 0 Å². The van der Waals surface area contributed by atoms with Gasteiger partial charge in [-0.25, -0.2) is 4.98 Å². The van der Waals surface area contributed by atoms with Gasteiger partial charge in [-0.3, -0.25) is 4.40 Å². The number of benzene rings is 2. The molecule has 0 unspecified atom stereocenters. The predicted molar refractivity (Wildman–Crippen MR) is 117 cm³/mol. The van der Waals surface area contributed by atoms with Crippen molar-refractivity contribution in [3.8, 4) is 6.07 Å². The molecule has 3 heterocycles. The lowest BCUT2D eigenvalue weighted by atomic mass is 9.98. The van der Waals surface area contributed by atoms with E-state index in [0.29, 0.717) is 24.2 Å². The summed E-state index contributed by atoms with van der Waals surface area (Å²) in [6.45, 7) is 2.55. The molecule has 0 aliphatic carbocycles. The van der Waals surface area contributed by atoms with Crippen LogP contribution in [0.25, 0.3) is 16.7 Å². The van der Waals surface area contributed by atoms with Crippen LogP contribution in [0, 0.1) is 18.3 Å². The van der Waals surface area contributed by atoms with Gasteiger partial charge in [0.25, 0.3) is 0 Å². The molecule has 0 saturated heterocycles. The molecule has 30 heavy (non-hydrogen) atoms. The molecule has 0 saturated carbocycles. The minimum Gasteiger partial charge on any atom is -0.467 e. The summed E-state index contributed by atoms with van der Waals surface area (Å²) in [5, 5.41) is 13.5. The molecule has 0 spiro atoms. The highest BCUT2D eigenvalue weighted by Gasteiger charge is 2.21. The Morgan fingerprint density at radius 3 is 2.60 bits per heavy atom. The summed E-state index contributed by atoms with van der Waals surface area (Å²) >= 11 is 0. The quantitative estimate of drug-likeness (QED) is 0.431. The second kappa shape index (κ2) is 7.41. The summed E-state index contributed by atoms with van der Waals surface area (Å²) in [7, 11) is 0. The Kier molecular flexibility index (Phi) is 4.45. The number of pyridine rings is 1. The third-order valence-electron chi connectivity index (χ3n) is 5.47. The van der Waals surface area contributed by atoms with E-state index in [1.54, 1.807) is 6.26 Å². The van der Waals surface area contributed by atoms with Crippen LogP contribution >= 0.6 is 0 Å². The number of rotatable bonds is 5. The van der Waals surface area contributed by atoms with Crippen LogP contribution in [0.4, 0.5) is 5.82 Å². The van der Waals surface area contributed by atoms with E-state index >= 15 is 0 Å². The van der Waals surface area contributed by atoms with Crippen molar-refractivity contribution < 1.29 is 4.42 Å². The molecular formula is C25H20N4O. The number of aromatic nitrogens is 2. The van der Waals surface area contributed by atoms with E-state index in [-0.39, 0.29) is 0 Å². The number of hydrogen-bond donors (Lipinski definition) is 1. The Hall–Kier alpha value is -4.04. The maximum absolute atomic E-state index is 9.96. The van der Waals surface area contributed by atoms with Crippen LogP contribution in [0.1, 0.15) is 28.0 Å². The first kappa shape index (κ1) is 18.0. The van der Waals surface area contributed by atoms with Crippen LogP contribution in [0.2, 0.25) is 0 Å². The van der Waals surface area contributed by atoms with Gasteiger partial charge in [-0.05, 0) is 42.3 Å². The Bertz CT molecular complexity index is 1380. The summed E-state index contributed by atoms with van der Waals surface area (Å²) < 4.78 is 7.60. The van der Waals surface area contributed by atoms with Crippen LogP contribution in [-0.2, 0) is 13.0 Å². The maximum Gasteiger partial charge on any atom is 0.157 e. The zero-order valence-corrected chi connectivity index (χ0v) is 16.6. The summed E-state index contributed by atoms with van der Waals surface area (Å²) in [6.07, 6.45) is 2.39. The number of imidazole rings is 1. The molecule has 0 atom stereocenters. The van der Waals surface area contributed by atoms with Gasteiger partial charge in [0.1, 0.15) is 17.6 Å². The molecule has 0 aliphatic rings. The first-order valence-corrected chi connectivity index (χ1v) is 9.89. The first-order chi connectivity index (χ1) is 14.8. The van der Waals surface area contributed by atoms with Gasteiger partial charge in [-0.15, -0.1) is 0 Å². The Balaban J connectivity index is 1.78. The van der Waals surface area contributed by atoms with Crippen molar-refractivity contribution >= 4 is 22.5 Å². The normalized spacial score (nSPS) is 11.1. The van der Waals surface area contributed by atoms with E-state index in [9.17, 15) is 5.26 Å². The molecule has 5 heteroatoms. The number of hydrogen-bond acceptors (Lipinski definition) is 4. The van der Waals surface area contributed by atoms with Gasteiger partial charge in [-0.2, -0.15) is 5.26 Å². The zero-order valence-electron chi connectivity index (χ0n) is 16.6. The molecule has 146 valence electrons. The van der Waals surface area contributed by atoms with Gasteiger partial charge in [0.2, 0.25) is 0 Å². The third-order valence-corrected chi connectivity index (χ3v) is 5.47. The highest BCUT2D eigenvalue weighted by Crippen LogP contribution is 2.32. The lowest BCUT2D eigenvalue weighted by molar-refractivity contribution is 0.517. The van der Waals surface area contributed by atoms with Crippen LogP contribution in [-0.4, -0.2) is 9.38 Å². The number of nitriles is 1. The maximum atomic E-state index is 9.96. The molecule has 0 bridgehead atoms. The van der Waals surface area contributed by atoms with Crippen molar-refractivity contribution in [1.82, 2.24) is 9.38 Å². The lowest BCUT2D eigenvalue weighted by Crippen LogP contribution is -2.11. The number of furan rings is 1. The monoisotopic (exact) mass is 392 g/mol. The number of anilines is 1. The Labute approximate surface area is 174 Å². The minimum absolute atomic E-state index is 0.543. The third kappa shape index (κ3) is 2.99. The molecule has 5 aromatic rings. The van der Waals surface area contributed by atoms with Crippen molar-refractivity contribution in [2.75, 3.05) is 5.32 Å². The first-order valence-electron chi connectivity index (χ1n) is 9.89. The molecule has 0 aliphatic heterocycles. The van der Waals surface area contributed by atoms with E-state index < -0.39 is 0 Å². The van der Waals surface area contributed by atoms with Crippen molar-refractivity contribution in [3.63, 3.8) is 0 Å². The van der Waals surface area contributed by atoms with Crippen molar-refractivity contribution in [2.45, 2.75) is 19.9 Å². The molecule has 0 amide bonds. The average Bonchev–Trinajstić information content (AvgIpc) is 3.42. The fourth-order valence-electron chi connectivity index (χ4n) is 3.97. The molecule has 1 N–H and O–H groups in total. The van der Waals surface area contributed by atoms with E-state index in [2.05, 4.69) is 27.9 Å². The topological polar surface area (TPSA) is 66.3 Å². The number of fused-ring (bicyclic) bond motifs is 3. The van der Waals surface area contributed by atoms with E-state index in [1.807, 2.05) is 61.5 Å². The minimum atomic E-state index is 0.543. The molecular weight excluding hydrogens is 372 g/mol. The van der Waals surface area contributed by atoms with E-state index in [0.717, 1.165) is 33.7 Å². The number of para-hydroxylation sites is 2. The van der Waals surface area contributed by atoms with Crippen molar-refractivity contribution in [1.29, 1.82) is 5.26 Å². The van der Waals surface area contributed by atoms with Gasteiger partial charge in [0.15, 0.2) is 5.65 Å². The largest absolute Gasteiger partial charge is 0.467 e. The second-order valence-electron chi connectivity index (χ2n) is 7.29.